The zero-order valence-electron chi connectivity index (χ0n) is 7.59. The minimum absolute atomic E-state index is 0.957. The molecule has 0 spiro atoms. The van der Waals surface area contributed by atoms with Gasteiger partial charge in [0.2, 0.25) is 0 Å². The fourth-order valence-corrected chi connectivity index (χ4v) is 1.05. The van der Waals surface area contributed by atoms with Crippen LogP contribution in [0.5, 0.6) is 0 Å². The second kappa shape index (κ2) is 4.00. The lowest BCUT2D eigenvalue weighted by Crippen LogP contribution is -2.12. The van der Waals surface area contributed by atoms with Crippen LogP contribution in [0.4, 0.5) is 0 Å². The quantitative estimate of drug-likeness (QED) is 0.653. The fraction of sp³-hybridized carbons (Fsp3) is 0.200. The minimum atomic E-state index is 0.957. The van der Waals surface area contributed by atoms with Crippen molar-refractivity contribution in [2.45, 2.75) is 6.82 Å². The van der Waals surface area contributed by atoms with E-state index in [4.69, 9.17) is 0 Å². The first kappa shape index (κ1) is 8.92. The highest BCUT2D eigenvalue weighted by Crippen LogP contribution is 2.05. The molecule has 1 aromatic carbocycles. The second-order valence-corrected chi connectivity index (χ2v) is 2.64. The molecule has 0 aliphatic heterocycles. The third kappa shape index (κ3) is 1.91. The summed E-state index contributed by atoms with van der Waals surface area (Å²) in [7, 11) is 3.96. The van der Waals surface area contributed by atoms with Crippen molar-refractivity contribution in [2.24, 2.45) is 0 Å². The summed E-state index contributed by atoms with van der Waals surface area (Å²) >= 11 is 0. The number of hydrogen-bond donors (Lipinski definition) is 1. The van der Waals surface area contributed by atoms with Crippen LogP contribution in [0.25, 0.3) is 5.70 Å². The van der Waals surface area contributed by atoms with Gasteiger partial charge in [-0.3, -0.25) is 0 Å². The van der Waals surface area contributed by atoms with Crippen LogP contribution in [0.15, 0.2) is 30.8 Å². The standard InChI is InChI=1S/C10H13BN/c1-8(12-3)9-5-4-6-10(7-9)11-2/h4-7,12H,1H2,2-3H3. The zero-order chi connectivity index (χ0) is 8.97. The number of rotatable bonds is 3. The van der Waals surface area contributed by atoms with Gasteiger partial charge in [0.15, 0.2) is 0 Å². The molecule has 1 N–H and O–H groups in total. The monoisotopic (exact) mass is 158 g/mol. The molecule has 0 aliphatic carbocycles. The Morgan fingerprint density at radius 3 is 2.83 bits per heavy atom. The molecule has 0 heterocycles. The predicted molar refractivity (Wildman–Crippen MR) is 55.8 cm³/mol. The summed E-state index contributed by atoms with van der Waals surface area (Å²) in [6.45, 7) is 5.92. The average molecular weight is 158 g/mol. The van der Waals surface area contributed by atoms with E-state index in [1.54, 1.807) is 0 Å². The number of hydrogen-bond acceptors (Lipinski definition) is 1. The van der Waals surface area contributed by atoms with Gasteiger partial charge in [0.05, 0.1) is 0 Å². The zero-order valence-corrected chi connectivity index (χ0v) is 7.59. The van der Waals surface area contributed by atoms with Gasteiger partial charge in [0.25, 0.3) is 0 Å². The van der Waals surface area contributed by atoms with Crippen molar-refractivity contribution in [3.63, 3.8) is 0 Å². The van der Waals surface area contributed by atoms with Crippen molar-refractivity contribution in [3.8, 4) is 0 Å². The van der Waals surface area contributed by atoms with E-state index in [1.807, 2.05) is 26.0 Å². The fourth-order valence-electron chi connectivity index (χ4n) is 1.05. The van der Waals surface area contributed by atoms with Crippen molar-refractivity contribution in [2.75, 3.05) is 7.05 Å². The van der Waals surface area contributed by atoms with E-state index in [0.29, 0.717) is 0 Å². The Bertz CT molecular complexity index is 281. The molecular weight excluding hydrogens is 145 g/mol. The minimum Gasteiger partial charge on any atom is -0.388 e. The molecule has 0 unspecified atom stereocenters. The number of nitrogens with one attached hydrogen (secondary N) is 1. The van der Waals surface area contributed by atoms with E-state index in [9.17, 15) is 0 Å². The third-order valence-corrected chi connectivity index (χ3v) is 1.87. The predicted octanol–water partition coefficient (Wildman–Crippen LogP) is 1.25. The van der Waals surface area contributed by atoms with Gasteiger partial charge in [0, 0.05) is 12.7 Å². The summed E-state index contributed by atoms with van der Waals surface area (Å²) < 4.78 is 0. The van der Waals surface area contributed by atoms with E-state index >= 15 is 0 Å². The summed E-state index contributed by atoms with van der Waals surface area (Å²) in [6, 6.07) is 8.27. The van der Waals surface area contributed by atoms with Gasteiger partial charge in [-0.2, -0.15) is 0 Å². The molecule has 0 fully saturated rings. The Kier molecular flexibility index (Phi) is 2.97. The molecule has 1 rings (SSSR count). The maximum Gasteiger partial charge on any atom is 0.148 e. The van der Waals surface area contributed by atoms with Gasteiger partial charge >= 0.3 is 0 Å². The highest BCUT2D eigenvalue weighted by molar-refractivity contribution is 6.51. The highest BCUT2D eigenvalue weighted by atomic mass is 14.8. The lowest BCUT2D eigenvalue weighted by atomic mass is 9.73. The van der Waals surface area contributed by atoms with Gasteiger partial charge in [-0.05, 0) is 5.56 Å². The lowest BCUT2D eigenvalue weighted by molar-refractivity contribution is 1.13. The van der Waals surface area contributed by atoms with Gasteiger partial charge in [-0.15, -0.1) is 0 Å². The van der Waals surface area contributed by atoms with Gasteiger partial charge < -0.3 is 5.32 Å². The van der Waals surface area contributed by atoms with Crippen LogP contribution < -0.4 is 10.8 Å². The summed E-state index contributed by atoms with van der Waals surface area (Å²) in [6.07, 6.45) is 0. The van der Waals surface area contributed by atoms with E-state index in [2.05, 4.69) is 31.3 Å². The molecule has 61 valence electrons. The maximum absolute atomic E-state index is 3.89. The molecular formula is C10H13BN. The molecule has 0 atom stereocenters. The molecule has 0 saturated heterocycles. The molecule has 1 radical (unpaired) electrons. The number of benzene rings is 1. The van der Waals surface area contributed by atoms with Crippen LogP contribution in [0, 0.1) is 0 Å². The molecule has 12 heavy (non-hydrogen) atoms. The smallest absolute Gasteiger partial charge is 0.148 e. The van der Waals surface area contributed by atoms with Crippen molar-refractivity contribution >= 4 is 18.4 Å². The first-order valence-corrected chi connectivity index (χ1v) is 4.04. The first-order chi connectivity index (χ1) is 5.77. The molecule has 2 heteroatoms. The van der Waals surface area contributed by atoms with Crippen molar-refractivity contribution < 1.29 is 0 Å². The summed E-state index contributed by atoms with van der Waals surface area (Å²) in [5.74, 6) is 0. The SMILES string of the molecule is C=C(NC)c1cccc([B]C)c1. The van der Waals surface area contributed by atoms with Crippen LogP contribution in [0.2, 0.25) is 6.82 Å². The molecule has 1 nitrogen and oxygen atoms in total. The van der Waals surface area contributed by atoms with E-state index < -0.39 is 0 Å². The summed E-state index contributed by atoms with van der Waals surface area (Å²) in [5.41, 5.74) is 3.33. The molecule has 0 aliphatic rings. The largest absolute Gasteiger partial charge is 0.388 e. The van der Waals surface area contributed by atoms with E-state index in [0.717, 1.165) is 11.3 Å². The van der Waals surface area contributed by atoms with Gasteiger partial charge in [-0.1, -0.05) is 43.1 Å². The van der Waals surface area contributed by atoms with Gasteiger partial charge in [0.1, 0.15) is 7.28 Å². The summed E-state index contributed by atoms with van der Waals surface area (Å²) in [4.78, 5) is 0. The van der Waals surface area contributed by atoms with Crippen LogP contribution in [-0.2, 0) is 0 Å². The summed E-state index contributed by atoms with van der Waals surface area (Å²) in [5, 5.41) is 3.02. The Balaban J connectivity index is 2.93. The molecule has 1 aromatic rings. The Morgan fingerprint density at radius 1 is 1.50 bits per heavy atom. The second-order valence-electron chi connectivity index (χ2n) is 2.64. The third-order valence-electron chi connectivity index (χ3n) is 1.87. The topological polar surface area (TPSA) is 12.0 Å². The van der Waals surface area contributed by atoms with E-state index in [-0.39, 0.29) is 0 Å². The van der Waals surface area contributed by atoms with Crippen LogP contribution >= 0.6 is 0 Å². The Hall–Kier alpha value is -1.18. The first-order valence-electron chi connectivity index (χ1n) is 4.04. The normalized spacial score (nSPS) is 9.17. The Morgan fingerprint density at radius 2 is 2.25 bits per heavy atom. The van der Waals surface area contributed by atoms with Crippen molar-refractivity contribution in [1.82, 2.24) is 5.32 Å². The van der Waals surface area contributed by atoms with Gasteiger partial charge in [-0.25, -0.2) is 0 Å². The Labute approximate surface area is 74.7 Å². The van der Waals surface area contributed by atoms with Crippen molar-refractivity contribution in [3.05, 3.63) is 36.4 Å². The lowest BCUT2D eigenvalue weighted by Gasteiger charge is -2.05. The molecule has 0 bridgehead atoms. The van der Waals surface area contributed by atoms with Crippen LogP contribution in [-0.4, -0.2) is 14.3 Å². The van der Waals surface area contributed by atoms with Crippen LogP contribution in [0.1, 0.15) is 5.56 Å². The van der Waals surface area contributed by atoms with Crippen molar-refractivity contribution in [1.29, 1.82) is 0 Å². The average Bonchev–Trinajstić information content (AvgIpc) is 2.17. The molecule has 0 aromatic heterocycles. The molecule has 0 saturated carbocycles. The van der Waals surface area contributed by atoms with Crippen LogP contribution in [0.3, 0.4) is 0 Å². The van der Waals surface area contributed by atoms with E-state index in [1.165, 1.54) is 5.46 Å². The maximum atomic E-state index is 3.89. The highest BCUT2D eigenvalue weighted by Gasteiger charge is 1.96. The molecule has 0 amide bonds.